The van der Waals surface area contributed by atoms with E-state index in [0.717, 1.165) is 83.1 Å². The lowest BCUT2D eigenvalue weighted by Crippen LogP contribution is -2.13. The van der Waals surface area contributed by atoms with Crippen molar-refractivity contribution in [2.24, 2.45) is 0 Å². The fourth-order valence-electron chi connectivity index (χ4n) is 8.18. The lowest BCUT2D eigenvalue weighted by Gasteiger charge is -2.15. The van der Waals surface area contributed by atoms with Gasteiger partial charge in [-0.05, 0) is 169 Å². The molecule has 0 aliphatic heterocycles. The van der Waals surface area contributed by atoms with Crippen LogP contribution in [-0.2, 0) is 45.1 Å². The topological polar surface area (TPSA) is 130 Å². The predicted molar refractivity (Wildman–Crippen MR) is 278 cm³/mol. The molecule has 2 aliphatic carbocycles. The van der Waals surface area contributed by atoms with Crippen molar-refractivity contribution in [1.82, 2.24) is 0 Å². The molecule has 0 aromatic heterocycles. The average molecular weight is 1000 g/mol. The number of rotatable bonds is 18. The van der Waals surface area contributed by atoms with Crippen molar-refractivity contribution in [1.29, 1.82) is 0 Å². The normalized spacial score (nSPS) is 12.5. The van der Waals surface area contributed by atoms with Gasteiger partial charge < -0.3 is 38.5 Å². The number of allylic oxidation sites excluding steroid dienone is 4. The highest BCUT2D eigenvalue weighted by molar-refractivity contribution is 6.50. The molecule has 0 saturated heterocycles. The molecule has 0 heterocycles. The Morgan fingerprint density at radius 1 is 0.542 bits per heavy atom. The van der Waals surface area contributed by atoms with Crippen molar-refractivity contribution in [3.8, 4) is 45.3 Å². The van der Waals surface area contributed by atoms with Gasteiger partial charge in [0.25, 0.3) is 0 Å². The second-order valence-electron chi connectivity index (χ2n) is 17.1. The summed E-state index contributed by atoms with van der Waals surface area (Å²) in [4.78, 5) is 22.7. The van der Waals surface area contributed by atoms with Crippen LogP contribution in [0.3, 0.4) is 0 Å². The largest absolute Gasteiger partial charge is 0.497 e. The molecule has 0 spiro atoms. The minimum atomic E-state index is -1.20. The molecule has 0 radical (unpaired) electrons. The van der Waals surface area contributed by atoms with E-state index in [1.807, 2.05) is 72.8 Å². The first-order valence-electron chi connectivity index (χ1n) is 23.8. The quantitative estimate of drug-likeness (QED) is 0.0634. The molecule has 8 rings (SSSR count). The van der Waals surface area contributed by atoms with E-state index in [0.29, 0.717) is 77.9 Å². The van der Waals surface area contributed by atoms with Gasteiger partial charge in [-0.3, -0.25) is 9.59 Å². The van der Waals surface area contributed by atoms with E-state index in [1.165, 1.54) is 39.0 Å². The molecule has 10 nitrogen and oxygen atoms in total. The summed E-state index contributed by atoms with van der Waals surface area (Å²) in [5.74, 6) is 1.50. The number of aryl methyl sites for hydroxylation is 2. The zero-order valence-electron chi connectivity index (χ0n) is 41.1. The summed E-state index contributed by atoms with van der Waals surface area (Å²) in [6, 6.07) is 36.1. The first kappa shape index (κ1) is 54.4. The van der Waals surface area contributed by atoms with Crippen LogP contribution in [-0.4, -0.2) is 57.5 Å². The van der Waals surface area contributed by atoms with Crippen molar-refractivity contribution in [3.05, 3.63) is 183 Å². The first-order valence-corrected chi connectivity index (χ1v) is 24.2. The monoisotopic (exact) mass is 1000 g/mol. The number of benzene rings is 6. The number of carbonyl (C=O) groups is 2. The third-order valence-electron chi connectivity index (χ3n) is 12.1. The van der Waals surface area contributed by atoms with Gasteiger partial charge in [-0.2, -0.15) is 0 Å². The lowest BCUT2D eigenvalue weighted by molar-refractivity contribution is -0.141. The summed E-state index contributed by atoms with van der Waals surface area (Å²) in [5.41, 5.74) is 9.29. The predicted octanol–water partition coefficient (Wildman–Crippen LogP) is 12.7. The van der Waals surface area contributed by atoms with E-state index in [-0.39, 0.29) is 23.6 Å². The molecular weight excluding hydrogens is 941 g/mol. The molecule has 14 heteroatoms. The SMILES string of the molecule is COC(=O)CCc1cccc(OCc2ccc(-c3cc(OC)ccc3F)c(C3=CCCC3)c2)c1.COC(=O)CCc1cccc(OCc2ccc(-c3cc(OC)ccc3F)c(Cl)c2)c1.OB(O)C1=CCCC1. The molecular formula is C58H60BClF2O10. The zero-order chi connectivity index (χ0) is 51.4. The highest BCUT2D eigenvalue weighted by atomic mass is 35.5. The second kappa shape index (κ2) is 27.6. The highest BCUT2D eigenvalue weighted by Crippen LogP contribution is 2.38. The molecule has 2 aliphatic rings. The molecule has 6 aromatic rings. The Morgan fingerprint density at radius 3 is 1.51 bits per heavy atom. The van der Waals surface area contributed by atoms with Gasteiger partial charge >= 0.3 is 19.1 Å². The number of halogens is 3. The first-order chi connectivity index (χ1) is 34.9. The van der Waals surface area contributed by atoms with Crippen LogP contribution >= 0.6 is 11.6 Å². The molecule has 0 bridgehead atoms. The maximum atomic E-state index is 14.8. The van der Waals surface area contributed by atoms with Crippen LogP contribution in [0.4, 0.5) is 8.78 Å². The number of hydrogen-bond acceptors (Lipinski definition) is 10. The summed E-state index contributed by atoms with van der Waals surface area (Å²) < 4.78 is 60.8. The van der Waals surface area contributed by atoms with Crippen molar-refractivity contribution in [2.45, 2.75) is 77.4 Å². The van der Waals surface area contributed by atoms with Gasteiger partial charge in [0.05, 0.1) is 28.4 Å². The molecule has 6 aromatic carbocycles. The standard InChI is InChI=1S/C29H29FO4.C24H22ClFO4.C5H9BO2/c1-32-23-12-14-28(30)27(18-23)25-13-10-21(17-26(25)22-7-3-4-8-22)19-34-24-9-5-6-20(16-24)11-15-29(31)33-2;1-28-18-8-10-23(26)21(14-18)20-9-6-17(13-22(20)25)15-30-19-5-3-4-16(12-19)7-11-24(27)29-2;7-6(8)5-3-1-2-4-5/h5-7,9-10,12-14,16-18H,3-4,8,11,15,19H2,1-2H3;3-6,8-10,12-14H,7,11,15H2,1-2H3;3,7-8H,1-2,4H2. The Morgan fingerprint density at radius 2 is 1.06 bits per heavy atom. The third-order valence-corrected chi connectivity index (χ3v) is 12.5. The molecule has 0 amide bonds. The number of ether oxygens (including phenoxy) is 6. The fraction of sp³-hybridized carbons (Fsp3) is 0.276. The van der Waals surface area contributed by atoms with E-state index in [2.05, 4.69) is 16.9 Å². The number of hydrogen-bond donors (Lipinski definition) is 2. The van der Waals surface area contributed by atoms with Gasteiger partial charge in [0.15, 0.2) is 0 Å². The maximum Gasteiger partial charge on any atom is 0.483 e. The van der Waals surface area contributed by atoms with E-state index >= 15 is 0 Å². The summed E-state index contributed by atoms with van der Waals surface area (Å²) in [7, 11) is 4.69. The third kappa shape index (κ3) is 16.0. The van der Waals surface area contributed by atoms with Gasteiger partial charge in [-0.1, -0.05) is 72.3 Å². The molecule has 0 atom stereocenters. The summed E-state index contributed by atoms with van der Waals surface area (Å²) in [6.45, 7) is 0.697. The van der Waals surface area contributed by atoms with Gasteiger partial charge in [-0.25, -0.2) is 8.78 Å². The smallest absolute Gasteiger partial charge is 0.483 e. The van der Waals surface area contributed by atoms with Gasteiger partial charge in [0.2, 0.25) is 0 Å². The summed E-state index contributed by atoms with van der Waals surface area (Å²) in [5, 5.41) is 17.5. The van der Waals surface area contributed by atoms with Crippen LogP contribution in [0.2, 0.25) is 5.02 Å². The summed E-state index contributed by atoms with van der Waals surface area (Å²) >= 11 is 6.42. The van der Waals surface area contributed by atoms with Crippen molar-refractivity contribution >= 4 is 36.2 Å². The Bertz CT molecular complexity index is 2850. The average Bonchev–Trinajstić information content (AvgIpc) is 4.17. The molecule has 2 N–H and O–H groups in total. The number of methoxy groups -OCH3 is 4. The van der Waals surface area contributed by atoms with Gasteiger partial charge in [-0.15, -0.1) is 0 Å². The molecule has 72 heavy (non-hydrogen) atoms. The molecule has 0 fully saturated rings. The summed E-state index contributed by atoms with van der Waals surface area (Å²) in [6.07, 6.45) is 12.0. The zero-order valence-corrected chi connectivity index (χ0v) is 41.8. The van der Waals surface area contributed by atoms with Crippen LogP contribution < -0.4 is 18.9 Å². The van der Waals surface area contributed by atoms with E-state index in [1.54, 1.807) is 43.5 Å². The number of carbonyl (C=O) groups excluding carboxylic acids is 2. The van der Waals surface area contributed by atoms with Gasteiger partial charge in [0, 0.05) is 34.6 Å². The van der Waals surface area contributed by atoms with Crippen LogP contribution in [0, 0.1) is 11.6 Å². The van der Waals surface area contributed by atoms with Crippen LogP contribution in [0.15, 0.2) is 139 Å². The number of esters is 2. The van der Waals surface area contributed by atoms with E-state index in [9.17, 15) is 18.4 Å². The minimum Gasteiger partial charge on any atom is -0.497 e. The molecule has 0 saturated carbocycles. The lowest BCUT2D eigenvalue weighted by atomic mass is 9.79. The van der Waals surface area contributed by atoms with Crippen LogP contribution in [0.25, 0.3) is 27.8 Å². The van der Waals surface area contributed by atoms with Crippen molar-refractivity contribution in [2.75, 3.05) is 28.4 Å². The fourth-order valence-corrected chi connectivity index (χ4v) is 8.49. The molecule has 0 unspecified atom stereocenters. The maximum absolute atomic E-state index is 14.8. The molecule has 376 valence electrons. The van der Waals surface area contributed by atoms with E-state index < -0.39 is 7.12 Å². The second-order valence-corrected chi connectivity index (χ2v) is 17.5. The van der Waals surface area contributed by atoms with Crippen LogP contribution in [0.1, 0.15) is 79.2 Å². The Balaban J connectivity index is 0.000000205. The highest BCUT2D eigenvalue weighted by Gasteiger charge is 2.19. The Hall–Kier alpha value is -6.93. The Kier molecular flexibility index (Phi) is 20.9. The van der Waals surface area contributed by atoms with Crippen molar-refractivity contribution in [3.63, 3.8) is 0 Å². The minimum absolute atomic E-state index is 0.229. The van der Waals surface area contributed by atoms with Crippen LogP contribution in [0.5, 0.6) is 23.0 Å². The van der Waals surface area contributed by atoms with E-state index in [4.69, 9.17) is 45.3 Å². The van der Waals surface area contributed by atoms with Crippen molar-refractivity contribution < 1.29 is 56.8 Å². The van der Waals surface area contributed by atoms with Gasteiger partial charge in [0.1, 0.15) is 47.8 Å². The Labute approximate surface area is 425 Å².